The van der Waals surface area contributed by atoms with Crippen LogP contribution in [0.25, 0.3) is 0 Å². The minimum atomic E-state index is -0.671. The molecule has 6 nitrogen and oxygen atoms in total. The maximum atomic E-state index is 12.5. The van der Waals surface area contributed by atoms with Crippen LogP contribution in [0.4, 0.5) is 0 Å². The Balaban J connectivity index is 2.25. The fourth-order valence-electron chi connectivity index (χ4n) is 2.56. The highest BCUT2D eigenvalue weighted by Crippen LogP contribution is 2.29. The lowest BCUT2D eigenvalue weighted by atomic mass is 9.85. The third-order valence-corrected chi connectivity index (χ3v) is 5.39. The van der Waals surface area contributed by atoms with Gasteiger partial charge in [0.05, 0.1) is 17.3 Å². The molecular formula is C18H26N4O2S. The number of hydrogen-bond acceptors (Lipinski definition) is 5. The molecule has 2 aromatic rings. The first-order valence-corrected chi connectivity index (χ1v) is 9.59. The summed E-state index contributed by atoms with van der Waals surface area (Å²) in [4.78, 5) is 23.9. The highest BCUT2D eigenvalue weighted by molar-refractivity contribution is 7.08. The smallest absolute Gasteiger partial charge is 0.252 e. The molecule has 136 valence electrons. The number of carbonyl (C=O) groups is 2. The lowest BCUT2D eigenvalue weighted by molar-refractivity contribution is -0.111. The second kappa shape index (κ2) is 8.38. The van der Waals surface area contributed by atoms with E-state index in [1.807, 2.05) is 31.5 Å². The van der Waals surface area contributed by atoms with Crippen LogP contribution < -0.4 is 5.32 Å². The number of nitrogens with zero attached hydrogens (tertiary/aromatic N) is 3. The van der Waals surface area contributed by atoms with Crippen molar-refractivity contribution in [3.8, 4) is 0 Å². The van der Waals surface area contributed by atoms with E-state index >= 15 is 0 Å². The molecule has 0 spiro atoms. The Bertz CT molecular complexity index is 696. The van der Waals surface area contributed by atoms with E-state index < -0.39 is 5.54 Å². The van der Waals surface area contributed by atoms with Crippen LogP contribution in [0.15, 0.2) is 23.0 Å². The Morgan fingerprint density at radius 2 is 2.24 bits per heavy atom. The van der Waals surface area contributed by atoms with Crippen LogP contribution in [-0.2, 0) is 10.3 Å². The number of aldehydes is 1. The summed E-state index contributed by atoms with van der Waals surface area (Å²) in [5, 5.41) is 15.2. The molecule has 0 radical (unpaired) electrons. The summed E-state index contributed by atoms with van der Waals surface area (Å²) in [7, 11) is 0. The number of hydrogen-bond donors (Lipinski definition) is 1. The molecule has 2 rings (SSSR count). The summed E-state index contributed by atoms with van der Waals surface area (Å²) in [5.74, 6) is -0.0320. The minimum absolute atomic E-state index is 0.102. The van der Waals surface area contributed by atoms with E-state index in [2.05, 4.69) is 22.6 Å². The van der Waals surface area contributed by atoms with Crippen molar-refractivity contribution in [1.82, 2.24) is 20.3 Å². The second-order valence-electron chi connectivity index (χ2n) is 6.75. The lowest BCUT2D eigenvalue weighted by Crippen LogP contribution is -2.47. The molecule has 0 aliphatic carbocycles. The molecule has 1 N–H and O–H groups in total. The summed E-state index contributed by atoms with van der Waals surface area (Å²) >= 11 is 1.48. The zero-order valence-corrected chi connectivity index (χ0v) is 16.0. The third kappa shape index (κ3) is 4.34. The van der Waals surface area contributed by atoms with Gasteiger partial charge >= 0.3 is 0 Å². The van der Waals surface area contributed by atoms with Gasteiger partial charge in [-0.25, -0.2) is 4.68 Å². The van der Waals surface area contributed by atoms with Crippen LogP contribution in [0.2, 0.25) is 0 Å². The maximum absolute atomic E-state index is 12.5. The SMILES string of the molecule is CCCC[C@@H](C=O)n1cc([C@@](C)(NC(=O)c2ccsc2)C(C)C)nn1. The molecule has 0 aliphatic rings. The van der Waals surface area contributed by atoms with Crippen molar-refractivity contribution >= 4 is 23.5 Å². The number of amides is 1. The van der Waals surface area contributed by atoms with Gasteiger partial charge in [0.15, 0.2) is 0 Å². The predicted octanol–water partition coefficient (Wildman–Crippen LogP) is 3.57. The Morgan fingerprint density at radius 3 is 2.80 bits per heavy atom. The van der Waals surface area contributed by atoms with Crippen LogP contribution in [0.3, 0.4) is 0 Å². The van der Waals surface area contributed by atoms with Gasteiger partial charge < -0.3 is 10.1 Å². The van der Waals surface area contributed by atoms with E-state index in [1.54, 1.807) is 16.9 Å². The van der Waals surface area contributed by atoms with Gasteiger partial charge in [-0.2, -0.15) is 11.3 Å². The minimum Gasteiger partial charge on any atom is -0.341 e. The molecule has 2 aromatic heterocycles. The lowest BCUT2D eigenvalue weighted by Gasteiger charge is -2.32. The Kier molecular flexibility index (Phi) is 6.47. The number of thiophene rings is 1. The molecule has 0 fully saturated rings. The van der Waals surface area contributed by atoms with Gasteiger partial charge in [-0.15, -0.1) is 5.10 Å². The molecule has 0 bridgehead atoms. The number of unbranched alkanes of at least 4 members (excludes halogenated alkanes) is 1. The molecule has 1 amide bonds. The van der Waals surface area contributed by atoms with Crippen molar-refractivity contribution in [2.45, 2.75) is 58.5 Å². The molecule has 0 unspecified atom stereocenters. The van der Waals surface area contributed by atoms with Gasteiger partial charge in [-0.05, 0) is 30.7 Å². The van der Waals surface area contributed by atoms with Crippen molar-refractivity contribution in [1.29, 1.82) is 0 Å². The van der Waals surface area contributed by atoms with Crippen molar-refractivity contribution in [2.24, 2.45) is 5.92 Å². The van der Waals surface area contributed by atoms with E-state index in [1.165, 1.54) is 11.3 Å². The van der Waals surface area contributed by atoms with Gasteiger partial charge in [0, 0.05) is 5.38 Å². The number of nitrogens with one attached hydrogen (secondary N) is 1. The first kappa shape index (κ1) is 19.3. The van der Waals surface area contributed by atoms with Crippen molar-refractivity contribution in [3.63, 3.8) is 0 Å². The van der Waals surface area contributed by atoms with Crippen LogP contribution in [0.1, 0.15) is 69.1 Å². The van der Waals surface area contributed by atoms with Gasteiger partial charge in [-0.3, -0.25) is 4.79 Å². The average Bonchev–Trinajstić information content (AvgIpc) is 3.27. The molecular weight excluding hydrogens is 336 g/mol. The van der Waals surface area contributed by atoms with Crippen LogP contribution in [0.5, 0.6) is 0 Å². The molecule has 0 saturated heterocycles. The largest absolute Gasteiger partial charge is 0.341 e. The standard InChI is InChI=1S/C18H26N4O2S/c1-5-6-7-15(11-23)22-10-16(20-21-22)18(4,13(2)3)19-17(24)14-8-9-25-12-14/h8-13,15H,5-7H2,1-4H3,(H,19,24)/t15-,18-/m0/s1. The highest BCUT2D eigenvalue weighted by Gasteiger charge is 2.36. The van der Waals surface area contributed by atoms with Gasteiger partial charge in [0.2, 0.25) is 0 Å². The van der Waals surface area contributed by atoms with Gasteiger partial charge in [0.25, 0.3) is 5.91 Å². The van der Waals surface area contributed by atoms with Gasteiger partial charge in [-0.1, -0.05) is 38.8 Å². The maximum Gasteiger partial charge on any atom is 0.252 e. The Labute approximate surface area is 152 Å². The normalized spacial score (nSPS) is 14.9. The number of rotatable bonds is 9. The van der Waals surface area contributed by atoms with Gasteiger partial charge in [0.1, 0.15) is 18.0 Å². The Morgan fingerprint density at radius 1 is 1.48 bits per heavy atom. The van der Waals surface area contributed by atoms with Crippen molar-refractivity contribution < 1.29 is 9.59 Å². The topological polar surface area (TPSA) is 76.9 Å². The van der Waals surface area contributed by atoms with Crippen LogP contribution in [-0.4, -0.2) is 27.2 Å². The molecule has 0 saturated carbocycles. The van der Waals surface area contributed by atoms with E-state index in [9.17, 15) is 9.59 Å². The number of carbonyl (C=O) groups excluding carboxylic acids is 2. The summed E-state index contributed by atoms with van der Waals surface area (Å²) in [6.07, 6.45) is 5.40. The molecule has 25 heavy (non-hydrogen) atoms. The average molecular weight is 362 g/mol. The fourth-order valence-corrected chi connectivity index (χ4v) is 3.19. The van der Waals surface area contributed by atoms with Crippen molar-refractivity contribution in [3.05, 3.63) is 34.3 Å². The first-order chi connectivity index (χ1) is 11.9. The van der Waals surface area contributed by atoms with Crippen LogP contribution in [0, 0.1) is 5.92 Å². The van der Waals surface area contributed by atoms with E-state index in [4.69, 9.17) is 0 Å². The zero-order valence-electron chi connectivity index (χ0n) is 15.2. The second-order valence-corrected chi connectivity index (χ2v) is 7.53. The molecule has 2 atom stereocenters. The first-order valence-electron chi connectivity index (χ1n) is 8.64. The highest BCUT2D eigenvalue weighted by atomic mass is 32.1. The van der Waals surface area contributed by atoms with E-state index in [-0.39, 0.29) is 17.9 Å². The summed E-state index contributed by atoms with van der Waals surface area (Å²) in [6, 6.07) is 1.48. The van der Waals surface area contributed by atoms with Crippen LogP contribution >= 0.6 is 11.3 Å². The molecule has 0 aliphatic heterocycles. The van der Waals surface area contributed by atoms with E-state index in [0.717, 1.165) is 25.5 Å². The Hall–Kier alpha value is -2.02. The quantitative estimate of drug-likeness (QED) is 0.692. The number of aromatic nitrogens is 3. The summed E-state index contributed by atoms with van der Waals surface area (Å²) < 4.78 is 1.61. The third-order valence-electron chi connectivity index (χ3n) is 4.70. The monoisotopic (exact) mass is 362 g/mol. The zero-order chi connectivity index (χ0) is 18.4. The summed E-state index contributed by atoms with van der Waals surface area (Å²) in [6.45, 7) is 8.09. The van der Waals surface area contributed by atoms with Crippen molar-refractivity contribution in [2.75, 3.05) is 0 Å². The summed E-state index contributed by atoms with van der Waals surface area (Å²) in [5.41, 5.74) is 0.627. The van der Waals surface area contributed by atoms with E-state index in [0.29, 0.717) is 11.3 Å². The molecule has 7 heteroatoms. The molecule has 0 aromatic carbocycles. The molecule has 2 heterocycles. The fraction of sp³-hybridized carbons (Fsp3) is 0.556. The predicted molar refractivity (Wildman–Crippen MR) is 98.6 cm³/mol.